The SMILES string of the molecule is Brc1ccc(CC2COC2)cc1. The molecule has 0 spiro atoms. The summed E-state index contributed by atoms with van der Waals surface area (Å²) in [5, 5.41) is 0. The molecule has 1 aromatic rings. The first kappa shape index (κ1) is 8.27. The average molecular weight is 227 g/mol. The molecule has 1 aliphatic rings. The topological polar surface area (TPSA) is 9.23 Å². The lowest BCUT2D eigenvalue weighted by Crippen LogP contribution is -2.29. The fraction of sp³-hybridized carbons (Fsp3) is 0.400. The van der Waals surface area contributed by atoms with Gasteiger partial charge in [0.1, 0.15) is 0 Å². The number of ether oxygens (including phenoxy) is 1. The Morgan fingerprint density at radius 2 is 1.92 bits per heavy atom. The molecule has 1 aromatic carbocycles. The van der Waals surface area contributed by atoms with E-state index in [1.807, 2.05) is 0 Å². The van der Waals surface area contributed by atoms with E-state index in [1.54, 1.807) is 0 Å². The Hall–Kier alpha value is -0.340. The molecule has 0 aromatic heterocycles. The number of benzene rings is 1. The van der Waals surface area contributed by atoms with Crippen LogP contribution in [0.25, 0.3) is 0 Å². The molecule has 0 radical (unpaired) electrons. The van der Waals surface area contributed by atoms with Gasteiger partial charge in [0.2, 0.25) is 0 Å². The molecule has 1 fully saturated rings. The number of hydrogen-bond acceptors (Lipinski definition) is 1. The van der Waals surface area contributed by atoms with Crippen LogP contribution in [-0.2, 0) is 11.2 Å². The summed E-state index contributed by atoms with van der Waals surface area (Å²) in [6, 6.07) is 8.52. The Balaban J connectivity index is 1.98. The third-order valence-corrected chi connectivity index (χ3v) is 2.67. The average Bonchev–Trinajstić information content (AvgIpc) is 2.00. The van der Waals surface area contributed by atoms with Gasteiger partial charge in [0.05, 0.1) is 13.2 Å². The molecule has 0 saturated carbocycles. The lowest BCUT2D eigenvalue weighted by Gasteiger charge is -2.25. The smallest absolute Gasteiger partial charge is 0.0519 e. The Bertz CT molecular complexity index is 251. The highest BCUT2D eigenvalue weighted by Gasteiger charge is 2.18. The van der Waals surface area contributed by atoms with Crippen molar-refractivity contribution in [1.29, 1.82) is 0 Å². The third-order valence-electron chi connectivity index (χ3n) is 2.14. The lowest BCUT2D eigenvalue weighted by atomic mass is 9.98. The van der Waals surface area contributed by atoms with Gasteiger partial charge in [-0.2, -0.15) is 0 Å². The van der Waals surface area contributed by atoms with Gasteiger partial charge in [0.15, 0.2) is 0 Å². The van der Waals surface area contributed by atoms with Gasteiger partial charge in [-0.15, -0.1) is 0 Å². The zero-order valence-corrected chi connectivity index (χ0v) is 8.38. The first-order chi connectivity index (χ1) is 5.84. The summed E-state index contributed by atoms with van der Waals surface area (Å²) in [5.74, 6) is 0.756. The van der Waals surface area contributed by atoms with Crippen molar-refractivity contribution in [2.24, 2.45) is 5.92 Å². The van der Waals surface area contributed by atoms with Crippen molar-refractivity contribution in [2.45, 2.75) is 6.42 Å². The van der Waals surface area contributed by atoms with Crippen LogP contribution in [0, 0.1) is 5.92 Å². The Morgan fingerprint density at radius 3 is 2.42 bits per heavy atom. The molecule has 0 aliphatic carbocycles. The van der Waals surface area contributed by atoms with Crippen LogP contribution in [0.5, 0.6) is 0 Å². The molecule has 0 atom stereocenters. The largest absolute Gasteiger partial charge is 0.381 e. The molecule has 1 heterocycles. The van der Waals surface area contributed by atoms with Crippen molar-refractivity contribution in [3.8, 4) is 0 Å². The van der Waals surface area contributed by atoms with Crippen LogP contribution in [0.2, 0.25) is 0 Å². The minimum Gasteiger partial charge on any atom is -0.381 e. The van der Waals surface area contributed by atoms with Crippen molar-refractivity contribution >= 4 is 15.9 Å². The van der Waals surface area contributed by atoms with Crippen LogP contribution in [0.3, 0.4) is 0 Å². The summed E-state index contributed by atoms with van der Waals surface area (Å²) in [6.45, 7) is 1.88. The highest BCUT2D eigenvalue weighted by molar-refractivity contribution is 9.10. The molecule has 1 aliphatic heterocycles. The molecular formula is C10H11BrO. The third kappa shape index (κ3) is 1.87. The molecule has 12 heavy (non-hydrogen) atoms. The van der Waals surface area contributed by atoms with Crippen LogP contribution >= 0.6 is 15.9 Å². The Kier molecular flexibility index (Phi) is 2.47. The van der Waals surface area contributed by atoms with Gasteiger partial charge in [-0.3, -0.25) is 0 Å². The van der Waals surface area contributed by atoms with Crippen LogP contribution in [-0.4, -0.2) is 13.2 Å². The van der Waals surface area contributed by atoms with Crippen LogP contribution in [0.1, 0.15) is 5.56 Å². The fourth-order valence-corrected chi connectivity index (χ4v) is 1.62. The first-order valence-corrected chi connectivity index (χ1v) is 4.96. The van der Waals surface area contributed by atoms with Crippen molar-refractivity contribution in [1.82, 2.24) is 0 Å². The normalized spacial score (nSPS) is 17.4. The van der Waals surface area contributed by atoms with E-state index >= 15 is 0 Å². The molecule has 0 N–H and O–H groups in total. The van der Waals surface area contributed by atoms with Crippen molar-refractivity contribution in [3.05, 3.63) is 34.3 Å². The summed E-state index contributed by atoms with van der Waals surface area (Å²) in [6.07, 6.45) is 1.16. The van der Waals surface area contributed by atoms with Gasteiger partial charge in [-0.1, -0.05) is 28.1 Å². The van der Waals surface area contributed by atoms with Gasteiger partial charge >= 0.3 is 0 Å². The van der Waals surface area contributed by atoms with Crippen molar-refractivity contribution < 1.29 is 4.74 Å². The summed E-state index contributed by atoms with van der Waals surface area (Å²) >= 11 is 3.42. The van der Waals surface area contributed by atoms with Gasteiger partial charge in [-0.25, -0.2) is 0 Å². The molecule has 0 bridgehead atoms. The lowest BCUT2D eigenvalue weighted by molar-refractivity contribution is -0.0312. The maximum atomic E-state index is 5.12. The molecule has 1 saturated heterocycles. The molecule has 1 nitrogen and oxygen atoms in total. The number of halogens is 1. The quantitative estimate of drug-likeness (QED) is 0.754. The van der Waals surface area contributed by atoms with Gasteiger partial charge in [-0.05, 0) is 24.1 Å². The van der Waals surface area contributed by atoms with E-state index in [1.165, 1.54) is 5.56 Å². The van der Waals surface area contributed by atoms with Crippen LogP contribution in [0.4, 0.5) is 0 Å². The maximum Gasteiger partial charge on any atom is 0.0519 e. The van der Waals surface area contributed by atoms with Crippen molar-refractivity contribution in [2.75, 3.05) is 13.2 Å². The van der Waals surface area contributed by atoms with Gasteiger partial charge in [0, 0.05) is 10.4 Å². The van der Waals surface area contributed by atoms with E-state index in [9.17, 15) is 0 Å². The maximum absolute atomic E-state index is 5.12. The van der Waals surface area contributed by atoms with Gasteiger partial charge < -0.3 is 4.74 Å². The minimum atomic E-state index is 0.756. The van der Waals surface area contributed by atoms with Crippen LogP contribution in [0.15, 0.2) is 28.7 Å². The van der Waals surface area contributed by atoms with Gasteiger partial charge in [0.25, 0.3) is 0 Å². The Labute approximate surface area is 80.9 Å². The highest BCUT2D eigenvalue weighted by Crippen LogP contribution is 2.18. The molecule has 2 rings (SSSR count). The minimum absolute atomic E-state index is 0.756. The summed E-state index contributed by atoms with van der Waals surface area (Å²) in [4.78, 5) is 0. The van der Waals surface area contributed by atoms with E-state index < -0.39 is 0 Å². The number of rotatable bonds is 2. The molecule has 0 amide bonds. The Morgan fingerprint density at radius 1 is 1.25 bits per heavy atom. The summed E-state index contributed by atoms with van der Waals surface area (Å²) in [5.41, 5.74) is 1.41. The standard InChI is InChI=1S/C10H11BrO/c11-10-3-1-8(2-4-10)5-9-6-12-7-9/h1-4,9H,5-7H2. The molecule has 2 heteroatoms. The zero-order chi connectivity index (χ0) is 8.39. The second-order valence-corrected chi connectivity index (χ2v) is 4.15. The number of hydrogen-bond donors (Lipinski definition) is 0. The molecular weight excluding hydrogens is 216 g/mol. The fourth-order valence-electron chi connectivity index (χ4n) is 1.36. The zero-order valence-electron chi connectivity index (χ0n) is 6.79. The first-order valence-electron chi connectivity index (χ1n) is 4.17. The monoisotopic (exact) mass is 226 g/mol. The predicted octanol–water partition coefficient (Wildman–Crippen LogP) is 2.64. The van der Waals surface area contributed by atoms with E-state index in [2.05, 4.69) is 40.2 Å². The second kappa shape index (κ2) is 3.58. The summed E-state index contributed by atoms with van der Waals surface area (Å²) < 4.78 is 6.27. The van der Waals surface area contributed by atoms with E-state index in [0.717, 1.165) is 30.0 Å². The van der Waals surface area contributed by atoms with Crippen molar-refractivity contribution in [3.63, 3.8) is 0 Å². The van der Waals surface area contributed by atoms with E-state index in [0.29, 0.717) is 0 Å². The van der Waals surface area contributed by atoms with Crippen LogP contribution < -0.4 is 0 Å². The predicted molar refractivity (Wildman–Crippen MR) is 52.2 cm³/mol. The molecule has 64 valence electrons. The van der Waals surface area contributed by atoms with E-state index in [4.69, 9.17) is 4.74 Å². The second-order valence-electron chi connectivity index (χ2n) is 3.23. The molecule has 0 unspecified atom stereocenters. The van der Waals surface area contributed by atoms with E-state index in [-0.39, 0.29) is 0 Å². The highest BCUT2D eigenvalue weighted by atomic mass is 79.9. The summed E-state index contributed by atoms with van der Waals surface area (Å²) in [7, 11) is 0.